The van der Waals surface area contributed by atoms with E-state index in [9.17, 15) is 0 Å². The third kappa shape index (κ3) is 5.97. The second kappa shape index (κ2) is 11.1. The number of benzene rings is 1. The molecule has 1 aliphatic carbocycles. The van der Waals surface area contributed by atoms with Gasteiger partial charge in [-0.05, 0) is 37.3 Å². The molecule has 0 spiro atoms. The zero-order valence-corrected chi connectivity index (χ0v) is 20.5. The van der Waals surface area contributed by atoms with Crippen molar-refractivity contribution in [1.29, 1.82) is 0 Å². The first-order valence-electron chi connectivity index (χ1n) is 11.0. The molecule has 1 aromatic carbocycles. The Balaban J connectivity index is 0.00000256. The number of likely N-dealkylation sites (tertiary alicyclic amines) is 1. The Morgan fingerprint density at radius 1 is 1.20 bits per heavy atom. The molecule has 2 heterocycles. The second-order valence-electron chi connectivity index (χ2n) is 8.41. The van der Waals surface area contributed by atoms with E-state index in [4.69, 9.17) is 0 Å². The maximum absolute atomic E-state index is 4.45. The van der Waals surface area contributed by atoms with Crippen LogP contribution in [-0.4, -0.2) is 52.6 Å². The molecule has 4 rings (SSSR count). The Bertz CT molecular complexity index is 827. The van der Waals surface area contributed by atoms with Gasteiger partial charge in [0, 0.05) is 57.7 Å². The van der Waals surface area contributed by atoms with Crippen LogP contribution in [0.15, 0.2) is 41.7 Å². The first-order valence-corrected chi connectivity index (χ1v) is 11.0. The van der Waals surface area contributed by atoms with Gasteiger partial charge >= 0.3 is 0 Å². The van der Waals surface area contributed by atoms with Crippen molar-refractivity contribution in [2.24, 2.45) is 4.99 Å². The number of hydrogen-bond acceptors (Lipinski definition) is 3. The van der Waals surface area contributed by atoms with E-state index < -0.39 is 0 Å². The van der Waals surface area contributed by atoms with Gasteiger partial charge in [0.05, 0.1) is 0 Å². The Morgan fingerprint density at radius 3 is 2.73 bits per heavy atom. The SMILES string of the molecule is CN=C(NCc1cccc(Cn2ccnc2C)c1)NC1CCN(C2CCCC2)C1.I. The summed E-state index contributed by atoms with van der Waals surface area (Å²) < 4.78 is 2.17. The quantitative estimate of drug-likeness (QED) is 0.346. The lowest BCUT2D eigenvalue weighted by molar-refractivity contribution is 0.242. The lowest BCUT2D eigenvalue weighted by Gasteiger charge is -2.24. The molecule has 7 heteroatoms. The van der Waals surface area contributed by atoms with Crippen LogP contribution in [0.4, 0.5) is 0 Å². The highest BCUT2D eigenvalue weighted by Gasteiger charge is 2.30. The molecule has 1 saturated carbocycles. The normalized spacial score (nSPS) is 20.3. The molecule has 2 N–H and O–H groups in total. The van der Waals surface area contributed by atoms with Crippen LogP contribution >= 0.6 is 24.0 Å². The molecule has 2 aromatic rings. The molecule has 6 nitrogen and oxygen atoms in total. The van der Waals surface area contributed by atoms with Gasteiger partial charge in [0.1, 0.15) is 5.82 Å². The van der Waals surface area contributed by atoms with Crippen molar-refractivity contribution < 1.29 is 0 Å². The summed E-state index contributed by atoms with van der Waals surface area (Å²) in [6, 6.07) is 10.0. The lowest BCUT2D eigenvalue weighted by Crippen LogP contribution is -2.45. The second-order valence-corrected chi connectivity index (χ2v) is 8.41. The fourth-order valence-electron chi connectivity index (χ4n) is 4.69. The van der Waals surface area contributed by atoms with E-state index in [0.29, 0.717) is 6.04 Å². The molecule has 1 unspecified atom stereocenters. The third-order valence-corrected chi connectivity index (χ3v) is 6.35. The fourth-order valence-corrected chi connectivity index (χ4v) is 4.69. The van der Waals surface area contributed by atoms with E-state index in [1.165, 1.54) is 49.8 Å². The molecule has 0 radical (unpaired) electrons. The van der Waals surface area contributed by atoms with Gasteiger partial charge in [-0.25, -0.2) is 4.98 Å². The van der Waals surface area contributed by atoms with Gasteiger partial charge in [-0.2, -0.15) is 0 Å². The fraction of sp³-hybridized carbons (Fsp3) is 0.565. The molecule has 1 saturated heterocycles. The van der Waals surface area contributed by atoms with Crippen LogP contribution in [-0.2, 0) is 13.1 Å². The summed E-state index contributed by atoms with van der Waals surface area (Å²) in [6.45, 7) is 6.03. The monoisotopic (exact) mass is 522 g/mol. The van der Waals surface area contributed by atoms with Crippen LogP contribution in [0.5, 0.6) is 0 Å². The van der Waals surface area contributed by atoms with Crippen molar-refractivity contribution in [2.75, 3.05) is 20.1 Å². The summed E-state index contributed by atoms with van der Waals surface area (Å²) in [7, 11) is 1.86. The molecular weight excluding hydrogens is 487 g/mol. The number of imidazole rings is 1. The highest BCUT2D eigenvalue weighted by Crippen LogP contribution is 2.26. The van der Waals surface area contributed by atoms with Crippen molar-refractivity contribution in [3.05, 3.63) is 53.6 Å². The summed E-state index contributed by atoms with van der Waals surface area (Å²) >= 11 is 0. The lowest BCUT2D eigenvalue weighted by atomic mass is 10.1. The summed E-state index contributed by atoms with van der Waals surface area (Å²) in [4.78, 5) is 11.4. The smallest absolute Gasteiger partial charge is 0.191 e. The number of halogens is 1. The topological polar surface area (TPSA) is 57.5 Å². The Morgan fingerprint density at radius 2 is 2.00 bits per heavy atom. The van der Waals surface area contributed by atoms with Gasteiger partial charge < -0.3 is 15.2 Å². The van der Waals surface area contributed by atoms with E-state index in [1.807, 2.05) is 26.4 Å². The van der Waals surface area contributed by atoms with Crippen molar-refractivity contribution >= 4 is 29.9 Å². The number of nitrogens with one attached hydrogen (secondary N) is 2. The van der Waals surface area contributed by atoms with Crippen molar-refractivity contribution in [3.63, 3.8) is 0 Å². The minimum Gasteiger partial charge on any atom is -0.352 e. The Kier molecular flexibility index (Phi) is 8.56. The maximum atomic E-state index is 4.45. The van der Waals surface area contributed by atoms with E-state index >= 15 is 0 Å². The number of nitrogens with zero attached hydrogens (tertiary/aromatic N) is 4. The molecule has 1 atom stereocenters. The minimum atomic E-state index is 0. The van der Waals surface area contributed by atoms with Crippen LogP contribution in [0.2, 0.25) is 0 Å². The summed E-state index contributed by atoms with van der Waals surface area (Å²) in [5.74, 6) is 1.94. The average Bonchev–Trinajstić information content (AvgIpc) is 3.48. The standard InChI is InChI=1S/C23H34N6.HI/c1-18-25-11-13-28(18)16-20-7-5-6-19(14-20)15-26-23(24-2)27-21-10-12-29(17-21)22-8-3-4-9-22;/h5-7,11,13-14,21-22H,3-4,8-10,12,15-17H2,1-2H3,(H2,24,26,27);1H. The summed E-state index contributed by atoms with van der Waals surface area (Å²) in [5.41, 5.74) is 2.55. The first kappa shape index (κ1) is 23.1. The van der Waals surface area contributed by atoms with Crippen LogP contribution in [0, 0.1) is 6.92 Å². The summed E-state index contributed by atoms with van der Waals surface area (Å²) in [5, 5.41) is 7.13. The van der Waals surface area contributed by atoms with Gasteiger partial charge in [0.25, 0.3) is 0 Å². The molecule has 1 aromatic heterocycles. The Labute approximate surface area is 197 Å². The molecule has 164 valence electrons. The van der Waals surface area contributed by atoms with Crippen molar-refractivity contribution in [1.82, 2.24) is 25.1 Å². The Hall–Kier alpha value is -1.61. The third-order valence-electron chi connectivity index (χ3n) is 6.35. The van der Waals surface area contributed by atoms with Crippen LogP contribution in [0.3, 0.4) is 0 Å². The molecule has 30 heavy (non-hydrogen) atoms. The number of aryl methyl sites for hydroxylation is 1. The van der Waals surface area contributed by atoms with Crippen LogP contribution in [0.25, 0.3) is 0 Å². The minimum absolute atomic E-state index is 0. The first-order chi connectivity index (χ1) is 14.2. The molecule has 0 bridgehead atoms. The number of hydrogen-bond donors (Lipinski definition) is 2. The zero-order valence-electron chi connectivity index (χ0n) is 18.2. The molecule has 0 amide bonds. The molecule has 2 aliphatic rings. The van der Waals surface area contributed by atoms with Crippen molar-refractivity contribution in [3.8, 4) is 0 Å². The van der Waals surface area contributed by atoms with Gasteiger partial charge in [0.15, 0.2) is 5.96 Å². The van der Waals surface area contributed by atoms with E-state index in [1.54, 1.807) is 0 Å². The largest absolute Gasteiger partial charge is 0.352 e. The number of rotatable bonds is 6. The van der Waals surface area contributed by atoms with Gasteiger partial charge in [0.2, 0.25) is 0 Å². The number of aromatic nitrogens is 2. The van der Waals surface area contributed by atoms with E-state index in [2.05, 4.69) is 54.3 Å². The average molecular weight is 522 g/mol. The van der Waals surface area contributed by atoms with Crippen LogP contribution in [0.1, 0.15) is 49.1 Å². The number of aliphatic imine (C=N–C) groups is 1. The maximum Gasteiger partial charge on any atom is 0.191 e. The molecular formula is C23H35IN6. The van der Waals surface area contributed by atoms with Gasteiger partial charge in [-0.3, -0.25) is 9.89 Å². The van der Waals surface area contributed by atoms with E-state index in [-0.39, 0.29) is 24.0 Å². The summed E-state index contributed by atoms with van der Waals surface area (Å²) in [6.07, 6.45) is 10.7. The molecule has 2 fully saturated rings. The zero-order chi connectivity index (χ0) is 20.1. The highest BCUT2D eigenvalue weighted by molar-refractivity contribution is 14.0. The van der Waals surface area contributed by atoms with Crippen LogP contribution < -0.4 is 10.6 Å². The van der Waals surface area contributed by atoms with Crippen molar-refractivity contribution in [2.45, 2.75) is 64.2 Å². The van der Waals surface area contributed by atoms with E-state index in [0.717, 1.165) is 37.5 Å². The molecule has 1 aliphatic heterocycles. The van der Waals surface area contributed by atoms with Gasteiger partial charge in [-0.1, -0.05) is 37.1 Å². The highest BCUT2D eigenvalue weighted by atomic mass is 127. The predicted molar refractivity (Wildman–Crippen MR) is 133 cm³/mol. The number of guanidine groups is 1. The predicted octanol–water partition coefficient (Wildman–Crippen LogP) is 3.54. The van der Waals surface area contributed by atoms with Gasteiger partial charge in [-0.15, -0.1) is 24.0 Å².